The maximum Gasteiger partial charge on any atom is 0.182 e. The number of rotatable bonds is 5. The average Bonchev–Trinajstić information content (AvgIpc) is 2.33. The van der Waals surface area contributed by atoms with Crippen molar-refractivity contribution in [1.82, 2.24) is 4.90 Å². The van der Waals surface area contributed by atoms with Crippen LogP contribution in [-0.2, 0) is 0 Å². The second-order valence-corrected chi connectivity index (χ2v) is 5.31. The molecule has 0 saturated carbocycles. The fourth-order valence-electron chi connectivity index (χ4n) is 2.48. The predicted octanol–water partition coefficient (Wildman–Crippen LogP) is 3.61. The monoisotopic (exact) mass is 247 g/mol. The largest absolute Gasteiger partial charge is 0.292 e. The van der Waals surface area contributed by atoms with Crippen LogP contribution in [0.5, 0.6) is 0 Å². The van der Waals surface area contributed by atoms with Gasteiger partial charge in [-0.3, -0.25) is 9.69 Å². The minimum atomic E-state index is -0.442. The third-order valence-electron chi connectivity index (χ3n) is 3.96. The van der Waals surface area contributed by atoms with Gasteiger partial charge in [0.05, 0.1) is 5.54 Å². The summed E-state index contributed by atoms with van der Waals surface area (Å²) in [5, 5.41) is 0. The van der Waals surface area contributed by atoms with Crippen molar-refractivity contribution in [2.24, 2.45) is 0 Å². The molecule has 0 bridgehead atoms. The molecular weight excluding hydrogens is 222 g/mol. The molecular formula is C16H25NO. The highest BCUT2D eigenvalue weighted by Gasteiger charge is 2.34. The van der Waals surface area contributed by atoms with Crippen LogP contribution < -0.4 is 0 Å². The van der Waals surface area contributed by atoms with Gasteiger partial charge in [-0.05, 0) is 51.9 Å². The predicted molar refractivity (Wildman–Crippen MR) is 77.2 cm³/mol. The van der Waals surface area contributed by atoms with Crippen molar-refractivity contribution in [3.05, 3.63) is 34.9 Å². The molecule has 100 valence electrons. The number of benzene rings is 1. The van der Waals surface area contributed by atoms with Crippen LogP contribution in [0, 0.1) is 13.8 Å². The lowest BCUT2D eigenvalue weighted by atomic mass is 9.88. The van der Waals surface area contributed by atoms with Gasteiger partial charge in [0.2, 0.25) is 0 Å². The van der Waals surface area contributed by atoms with Crippen molar-refractivity contribution in [3.8, 4) is 0 Å². The van der Waals surface area contributed by atoms with Gasteiger partial charge in [0.25, 0.3) is 0 Å². The van der Waals surface area contributed by atoms with Gasteiger partial charge < -0.3 is 0 Å². The third-order valence-corrected chi connectivity index (χ3v) is 3.96. The Morgan fingerprint density at radius 1 is 1.17 bits per heavy atom. The topological polar surface area (TPSA) is 20.3 Å². The maximum absolute atomic E-state index is 12.8. The summed E-state index contributed by atoms with van der Waals surface area (Å²) in [5.41, 5.74) is 2.69. The van der Waals surface area contributed by atoms with E-state index in [0.717, 1.165) is 24.2 Å². The molecule has 0 amide bonds. The summed E-state index contributed by atoms with van der Waals surface area (Å²) in [5.74, 6) is 0.215. The Bertz CT molecular complexity index is 431. The lowest BCUT2D eigenvalue weighted by Gasteiger charge is -2.36. The SMILES string of the molecule is CCN(CC)C(C)(C)C(=O)c1cccc(C)c1C. The molecule has 0 N–H and O–H groups in total. The summed E-state index contributed by atoms with van der Waals surface area (Å²) in [4.78, 5) is 15.0. The molecule has 1 aromatic carbocycles. The van der Waals surface area contributed by atoms with Crippen LogP contribution in [0.2, 0.25) is 0 Å². The van der Waals surface area contributed by atoms with Gasteiger partial charge in [0, 0.05) is 5.56 Å². The zero-order valence-electron chi connectivity index (χ0n) is 12.5. The first kappa shape index (κ1) is 14.9. The summed E-state index contributed by atoms with van der Waals surface area (Å²) in [6, 6.07) is 5.96. The normalized spacial score (nSPS) is 11.9. The van der Waals surface area contributed by atoms with E-state index < -0.39 is 5.54 Å². The zero-order valence-corrected chi connectivity index (χ0v) is 12.5. The molecule has 1 aromatic rings. The van der Waals surface area contributed by atoms with E-state index in [9.17, 15) is 4.79 Å². The zero-order chi connectivity index (χ0) is 13.9. The minimum absolute atomic E-state index is 0.215. The Labute approximate surface area is 111 Å². The summed E-state index contributed by atoms with van der Waals surface area (Å²) < 4.78 is 0. The fraction of sp³-hybridized carbons (Fsp3) is 0.562. The van der Waals surface area contributed by atoms with Crippen LogP contribution in [-0.4, -0.2) is 29.3 Å². The Balaban J connectivity index is 3.17. The molecule has 0 atom stereocenters. The Morgan fingerprint density at radius 2 is 1.72 bits per heavy atom. The van der Waals surface area contributed by atoms with Gasteiger partial charge in [-0.1, -0.05) is 32.0 Å². The number of carbonyl (C=O) groups is 1. The van der Waals surface area contributed by atoms with E-state index in [-0.39, 0.29) is 5.78 Å². The average molecular weight is 247 g/mol. The highest BCUT2D eigenvalue weighted by molar-refractivity contribution is 6.04. The molecule has 2 heteroatoms. The lowest BCUT2D eigenvalue weighted by molar-refractivity contribution is 0.0668. The quantitative estimate of drug-likeness (QED) is 0.741. The summed E-state index contributed by atoms with van der Waals surface area (Å²) in [6.45, 7) is 14.1. The molecule has 1 rings (SSSR count). The van der Waals surface area contributed by atoms with Crippen LogP contribution in [0.25, 0.3) is 0 Å². The molecule has 0 unspecified atom stereocenters. The van der Waals surface area contributed by atoms with Crippen LogP contribution in [0.4, 0.5) is 0 Å². The van der Waals surface area contributed by atoms with Gasteiger partial charge in [0.15, 0.2) is 5.78 Å². The van der Waals surface area contributed by atoms with Crippen molar-refractivity contribution in [1.29, 1.82) is 0 Å². The first-order valence-electron chi connectivity index (χ1n) is 6.72. The summed E-state index contributed by atoms with van der Waals surface area (Å²) in [6.07, 6.45) is 0. The van der Waals surface area contributed by atoms with E-state index >= 15 is 0 Å². The number of ketones is 1. The number of carbonyl (C=O) groups excluding carboxylic acids is 1. The molecule has 0 aliphatic heterocycles. The first-order valence-corrected chi connectivity index (χ1v) is 6.72. The standard InChI is InChI=1S/C16H25NO/c1-7-17(8-2)16(5,6)15(18)14-11-9-10-12(3)13(14)4/h9-11H,7-8H2,1-6H3. The molecule has 0 aliphatic rings. The third kappa shape index (κ3) is 2.64. The van der Waals surface area contributed by atoms with E-state index in [1.165, 1.54) is 5.56 Å². The van der Waals surface area contributed by atoms with Gasteiger partial charge >= 0.3 is 0 Å². The number of nitrogens with zero attached hydrogens (tertiary/aromatic N) is 1. The van der Waals surface area contributed by atoms with Crippen molar-refractivity contribution in [2.45, 2.75) is 47.1 Å². The molecule has 18 heavy (non-hydrogen) atoms. The molecule has 0 fully saturated rings. The molecule has 0 aromatic heterocycles. The van der Waals surface area contributed by atoms with Gasteiger partial charge in [-0.2, -0.15) is 0 Å². The summed E-state index contributed by atoms with van der Waals surface area (Å²) in [7, 11) is 0. The van der Waals surface area contributed by atoms with Crippen molar-refractivity contribution in [2.75, 3.05) is 13.1 Å². The Morgan fingerprint density at radius 3 is 2.22 bits per heavy atom. The number of hydrogen-bond donors (Lipinski definition) is 0. The number of aryl methyl sites for hydroxylation is 1. The molecule has 0 aliphatic carbocycles. The molecule has 0 heterocycles. The minimum Gasteiger partial charge on any atom is -0.292 e. The summed E-state index contributed by atoms with van der Waals surface area (Å²) >= 11 is 0. The van der Waals surface area contributed by atoms with E-state index in [1.807, 2.05) is 32.9 Å². The molecule has 0 radical (unpaired) electrons. The highest BCUT2D eigenvalue weighted by Crippen LogP contribution is 2.23. The second-order valence-electron chi connectivity index (χ2n) is 5.31. The lowest BCUT2D eigenvalue weighted by Crippen LogP contribution is -2.50. The van der Waals surface area contributed by atoms with E-state index in [0.29, 0.717) is 0 Å². The number of likely N-dealkylation sites (N-methyl/N-ethyl adjacent to an activating group) is 1. The van der Waals surface area contributed by atoms with Crippen molar-refractivity contribution >= 4 is 5.78 Å². The van der Waals surface area contributed by atoms with Crippen LogP contribution >= 0.6 is 0 Å². The van der Waals surface area contributed by atoms with Gasteiger partial charge in [-0.15, -0.1) is 0 Å². The number of hydrogen-bond acceptors (Lipinski definition) is 2. The smallest absolute Gasteiger partial charge is 0.182 e. The molecule has 2 nitrogen and oxygen atoms in total. The van der Waals surface area contributed by atoms with Crippen LogP contribution in [0.1, 0.15) is 49.2 Å². The molecule has 0 spiro atoms. The van der Waals surface area contributed by atoms with Crippen LogP contribution in [0.15, 0.2) is 18.2 Å². The fourth-order valence-corrected chi connectivity index (χ4v) is 2.48. The second kappa shape index (κ2) is 5.66. The molecule has 0 saturated heterocycles. The Kier molecular flexibility index (Phi) is 4.69. The maximum atomic E-state index is 12.8. The number of Topliss-reactive ketones (excluding diaryl/α,β-unsaturated/α-hetero) is 1. The van der Waals surface area contributed by atoms with E-state index in [2.05, 4.69) is 31.7 Å². The first-order chi connectivity index (χ1) is 8.36. The van der Waals surface area contributed by atoms with Crippen molar-refractivity contribution in [3.63, 3.8) is 0 Å². The Hall–Kier alpha value is -1.15. The van der Waals surface area contributed by atoms with Gasteiger partial charge in [-0.25, -0.2) is 0 Å². The van der Waals surface area contributed by atoms with Crippen LogP contribution in [0.3, 0.4) is 0 Å². The van der Waals surface area contributed by atoms with Crippen molar-refractivity contribution < 1.29 is 4.79 Å². The highest BCUT2D eigenvalue weighted by atomic mass is 16.1. The van der Waals surface area contributed by atoms with Gasteiger partial charge in [0.1, 0.15) is 0 Å². The van der Waals surface area contributed by atoms with E-state index in [4.69, 9.17) is 0 Å². The van der Waals surface area contributed by atoms with E-state index in [1.54, 1.807) is 0 Å².